The van der Waals surface area contributed by atoms with Crippen LogP contribution in [0.4, 0.5) is 5.69 Å². The number of aryl methyl sites for hydroxylation is 1. The first kappa shape index (κ1) is 18.5. The van der Waals surface area contributed by atoms with Gasteiger partial charge in [0.2, 0.25) is 0 Å². The molecule has 3 aromatic heterocycles. The molecule has 0 radical (unpaired) electrons. The first-order chi connectivity index (χ1) is 14.2. The molecule has 146 valence electrons. The highest BCUT2D eigenvalue weighted by Crippen LogP contribution is 2.27. The standard InChI is InChI=1S/C21H20N6O2/c1-3-29-21(28)17-11-25-20-16(12-26-27(20)2)19(17)24-13-18-22-9-15(10-23-18)14-7-5-4-6-8-14/h4-12H,3,13H2,1-2H3,(H,24,25). The molecule has 0 spiro atoms. The van der Waals surface area contributed by atoms with Gasteiger partial charge in [-0.25, -0.2) is 19.7 Å². The topological polar surface area (TPSA) is 94.8 Å². The number of carbonyl (C=O) groups excluding carboxylic acids is 1. The highest BCUT2D eigenvalue weighted by atomic mass is 16.5. The van der Waals surface area contributed by atoms with Crippen LogP contribution in [0.15, 0.2) is 55.1 Å². The number of anilines is 1. The zero-order chi connectivity index (χ0) is 20.2. The van der Waals surface area contributed by atoms with Crippen LogP contribution >= 0.6 is 0 Å². The predicted molar refractivity (Wildman–Crippen MR) is 109 cm³/mol. The molecule has 0 aliphatic carbocycles. The maximum absolute atomic E-state index is 12.4. The molecular formula is C21H20N6O2. The van der Waals surface area contributed by atoms with Crippen molar-refractivity contribution < 1.29 is 9.53 Å². The van der Waals surface area contributed by atoms with Gasteiger partial charge in [-0.05, 0) is 12.5 Å². The van der Waals surface area contributed by atoms with Crippen LogP contribution in [0, 0.1) is 0 Å². The number of carbonyl (C=O) groups is 1. The van der Waals surface area contributed by atoms with E-state index in [1.165, 1.54) is 6.20 Å². The fourth-order valence-corrected chi connectivity index (χ4v) is 3.04. The van der Waals surface area contributed by atoms with E-state index in [0.29, 0.717) is 29.3 Å². The van der Waals surface area contributed by atoms with Crippen LogP contribution in [0.1, 0.15) is 23.1 Å². The SMILES string of the molecule is CCOC(=O)c1cnc2c(cnn2C)c1NCc1ncc(-c2ccccc2)cn1. The lowest BCUT2D eigenvalue weighted by Gasteiger charge is -2.12. The second-order valence-electron chi connectivity index (χ2n) is 6.38. The Balaban J connectivity index is 1.60. The summed E-state index contributed by atoms with van der Waals surface area (Å²) in [6, 6.07) is 9.95. The molecule has 0 bridgehead atoms. The van der Waals surface area contributed by atoms with Crippen LogP contribution in [0.3, 0.4) is 0 Å². The third-order valence-corrected chi connectivity index (χ3v) is 4.49. The van der Waals surface area contributed by atoms with Crippen molar-refractivity contribution in [2.45, 2.75) is 13.5 Å². The minimum absolute atomic E-state index is 0.285. The largest absolute Gasteiger partial charge is 0.462 e. The molecule has 1 aromatic carbocycles. The van der Waals surface area contributed by atoms with Crippen LogP contribution in [0.5, 0.6) is 0 Å². The minimum Gasteiger partial charge on any atom is -0.462 e. The predicted octanol–water partition coefficient (Wildman–Crippen LogP) is 3.21. The lowest BCUT2D eigenvalue weighted by atomic mass is 10.1. The molecule has 0 fully saturated rings. The average Bonchev–Trinajstić information content (AvgIpc) is 3.14. The van der Waals surface area contributed by atoms with E-state index >= 15 is 0 Å². The molecule has 8 nitrogen and oxygen atoms in total. The van der Waals surface area contributed by atoms with Gasteiger partial charge in [0.15, 0.2) is 5.65 Å². The van der Waals surface area contributed by atoms with Crippen LogP contribution in [0.2, 0.25) is 0 Å². The molecule has 0 atom stereocenters. The summed E-state index contributed by atoms with van der Waals surface area (Å²) in [5, 5.41) is 8.23. The van der Waals surface area contributed by atoms with E-state index in [0.717, 1.165) is 16.5 Å². The number of nitrogens with one attached hydrogen (secondary N) is 1. The molecular weight excluding hydrogens is 368 g/mol. The van der Waals surface area contributed by atoms with Gasteiger partial charge in [0.25, 0.3) is 0 Å². The van der Waals surface area contributed by atoms with E-state index in [-0.39, 0.29) is 6.61 Å². The summed E-state index contributed by atoms with van der Waals surface area (Å²) in [7, 11) is 1.80. The summed E-state index contributed by atoms with van der Waals surface area (Å²) < 4.78 is 6.82. The molecule has 8 heteroatoms. The molecule has 29 heavy (non-hydrogen) atoms. The monoisotopic (exact) mass is 388 g/mol. The van der Waals surface area contributed by atoms with E-state index in [4.69, 9.17) is 4.74 Å². The van der Waals surface area contributed by atoms with E-state index < -0.39 is 5.97 Å². The van der Waals surface area contributed by atoms with Gasteiger partial charge in [0, 0.05) is 31.2 Å². The number of benzene rings is 1. The van der Waals surface area contributed by atoms with E-state index in [1.807, 2.05) is 30.3 Å². The van der Waals surface area contributed by atoms with Gasteiger partial charge in [-0.3, -0.25) is 4.68 Å². The lowest BCUT2D eigenvalue weighted by Crippen LogP contribution is -2.12. The average molecular weight is 388 g/mol. The number of hydrogen-bond acceptors (Lipinski definition) is 7. The zero-order valence-electron chi connectivity index (χ0n) is 16.2. The Kier molecular flexibility index (Phi) is 5.15. The van der Waals surface area contributed by atoms with Gasteiger partial charge in [-0.2, -0.15) is 5.10 Å². The van der Waals surface area contributed by atoms with Crippen molar-refractivity contribution in [3.63, 3.8) is 0 Å². The highest BCUT2D eigenvalue weighted by Gasteiger charge is 2.18. The van der Waals surface area contributed by atoms with E-state index in [2.05, 4.69) is 25.4 Å². The summed E-state index contributed by atoms with van der Waals surface area (Å²) in [4.78, 5) is 25.6. The van der Waals surface area contributed by atoms with Crippen molar-refractivity contribution in [2.24, 2.45) is 7.05 Å². The summed E-state index contributed by atoms with van der Waals surface area (Å²) in [5.41, 5.74) is 3.63. The Bertz CT molecular complexity index is 1140. The Labute approximate surface area is 167 Å². The molecule has 0 aliphatic heterocycles. The van der Waals surface area contributed by atoms with Gasteiger partial charge in [-0.1, -0.05) is 30.3 Å². The Morgan fingerprint density at radius 1 is 1.03 bits per heavy atom. The number of pyridine rings is 1. The van der Waals surface area contributed by atoms with Crippen LogP contribution in [-0.2, 0) is 18.3 Å². The van der Waals surface area contributed by atoms with Crippen LogP contribution < -0.4 is 5.32 Å². The summed E-state index contributed by atoms with van der Waals surface area (Å²) in [5.74, 6) is 0.168. The number of esters is 1. The van der Waals surface area contributed by atoms with Gasteiger partial charge in [-0.15, -0.1) is 0 Å². The smallest absolute Gasteiger partial charge is 0.341 e. The van der Waals surface area contributed by atoms with Crippen molar-refractivity contribution in [3.05, 3.63) is 66.5 Å². The fraction of sp³-hybridized carbons (Fsp3) is 0.190. The fourth-order valence-electron chi connectivity index (χ4n) is 3.04. The zero-order valence-corrected chi connectivity index (χ0v) is 16.2. The summed E-state index contributed by atoms with van der Waals surface area (Å²) in [6.45, 7) is 2.39. The maximum Gasteiger partial charge on any atom is 0.341 e. The molecule has 3 heterocycles. The Morgan fingerprint density at radius 2 is 1.79 bits per heavy atom. The number of ether oxygens (including phenoxy) is 1. The van der Waals surface area contributed by atoms with Crippen molar-refractivity contribution in [2.75, 3.05) is 11.9 Å². The number of aromatic nitrogens is 5. The Hall–Kier alpha value is -3.81. The van der Waals surface area contributed by atoms with Crippen LogP contribution in [0.25, 0.3) is 22.2 Å². The quantitative estimate of drug-likeness (QED) is 0.507. The maximum atomic E-state index is 12.4. The number of fused-ring (bicyclic) bond motifs is 1. The van der Waals surface area contributed by atoms with Gasteiger partial charge in [0.1, 0.15) is 11.4 Å². The van der Waals surface area contributed by atoms with E-state index in [1.54, 1.807) is 37.2 Å². The highest BCUT2D eigenvalue weighted by molar-refractivity contribution is 6.04. The van der Waals surface area contributed by atoms with Crippen molar-refractivity contribution in [1.82, 2.24) is 24.7 Å². The second kappa shape index (κ2) is 8.05. The van der Waals surface area contributed by atoms with Crippen LogP contribution in [-0.4, -0.2) is 37.3 Å². The summed E-state index contributed by atoms with van der Waals surface area (Å²) in [6.07, 6.45) is 6.76. The Morgan fingerprint density at radius 3 is 2.52 bits per heavy atom. The molecule has 0 saturated heterocycles. The van der Waals surface area contributed by atoms with Crippen molar-refractivity contribution in [3.8, 4) is 11.1 Å². The number of nitrogens with zero attached hydrogens (tertiary/aromatic N) is 5. The van der Waals surface area contributed by atoms with Crippen molar-refractivity contribution >= 4 is 22.7 Å². The minimum atomic E-state index is -0.436. The molecule has 0 aliphatic rings. The molecule has 1 N–H and O–H groups in total. The lowest BCUT2D eigenvalue weighted by molar-refractivity contribution is 0.0527. The second-order valence-corrected chi connectivity index (χ2v) is 6.38. The molecule has 0 amide bonds. The third-order valence-electron chi connectivity index (χ3n) is 4.49. The van der Waals surface area contributed by atoms with Crippen molar-refractivity contribution in [1.29, 1.82) is 0 Å². The molecule has 4 rings (SSSR count). The normalized spacial score (nSPS) is 10.8. The number of hydrogen-bond donors (Lipinski definition) is 1. The van der Waals surface area contributed by atoms with Gasteiger partial charge < -0.3 is 10.1 Å². The molecule has 0 unspecified atom stereocenters. The van der Waals surface area contributed by atoms with Gasteiger partial charge in [0.05, 0.1) is 30.4 Å². The first-order valence-electron chi connectivity index (χ1n) is 9.25. The summed E-state index contributed by atoms with van der Waals surface area (Å²) >= 11 is 0. The molecule has 0 saturated carbocycles. The third kappa shape index (κ3) is 3.77. The number of rotatable bonds is 6. The first-order valence-corrected chi connectivity index (χ1v) is 9.25. The van der Waals surface area contributed by atoms with E-state index in [9.17, 15) is 4.79 Å². The van der Waals surface area contributed by atoms with Gasteiger partial charge >= 0.3 is 5.97 Å². The molecule has 4 aromatic rings.